The Morgan fingerprint density at radius 3 is 2.63 bits per heavy atom. The van der Waals surface area contributed by atoms with E-state index in [1.54, 1.807) is 0 Å². The molecule has 2 heteroatoms. The lowest BCUT2D eigenvalue weighted by Crippen LogP contribution is -2.28. The topological polar surface area (TPSA) is 15.3 Å². The first-order valence-electron chi connectivity index (χ1n) is 7.75. The Balaban J connectivity index is 2.00. The van der Waals surface area contributed by atoms with Crippen LogP contribution < -0.4 is 10.2 Å². The molecule has 106 valence electrons. The van der Waals surface area contributed by atoms with Gasteiger partial charge >= 0.3 is 0 Å². The minimum Gasteiger partial charge on any atom is -0.372 e. The molecule has 0 heterocycles. The van der Waals surface area contributed by atoms with Crippen molar-refractivity contribution < 1.29 is 0 Å². The van der Waals surface area contributed by atoms with Crippen molar-refractivity contribution in [3.63, 3.8) is 0 Å². The van der Waals surface area contributed by atoms with Gasteiger partial charge in [0.25, 0.3) is 0 Å². The Morgan fingerprint density at radius 1 is 1.26 bits per heavy atom. The van der Waals surface area contributed by atoms with Gasteiger partial charge in [-0.2, -0.15) is 0 Å². The third-order valence-electron chi connectivity index (χ3n) is 4.35. The molecule has 0 aliphatic heterocycles. The van der Waals surface area contributed by atoms with Crippen LogP contribution in [0, 0.1) is 6.92 Å². The number of aryl methyl sites for hydroxylation is 1. The molecule has 2 rings (SSSR count). The van der Waals surface area contributed by atoms with Gasteiger partial charge in [0.15, 0.2) is 0 Å². The fraction of sp³-hybridized carbons (Fsp3) is 0.647. The minimum atomic E-state index is 0.753. The molecule has 0 unspecified atom stereocenters. The van der Waals surface area contributed by atoms with Crippen LogP contribution in [0.25, 0.3) is 0 Å². The van der Waals surface area contributed by atoms with Crippen molar-refractivity contribution in [3.8, 4) is 0 Å². The zero-order chi connectivity index (χ0) is 13.7. The van der Waals surface area contributed by atoms with Crippen LogP contribution in [-0.2, 0) is 6.54 Å². The summed E-state index contributed by atoms with van der Waals surface area (Å²) < 4.78 is 0. The Bertz CT molecular complexity index is 394. The monoisotopic (exact) mass is 260 g/mol. The Labute approximate surface area is 118 Å². The molecule has 1 saturated carbocycles. The SMILES string of the molecule is CCCNCc1ccc(N(C)C2CCCC2)cc1C. The number of hydrogen-bond acceptors (Lipinski definition) is 2. The molecule has 1 aliphatic carbocycles. The predicted octanol–water partition coefficient (Wildman–Crippen LogP) is 3.87. The van der Waals surface area contributed by atoms with Gasteiger partial charge in [0.2, 0.25) is 0 Å². The second-order valence-electron chi connectivity index (χ2n) is 5.84. The van der Waals surface area contributed by atoms with Gasteiger partial charge in [0.05, 0.1) is 0 Å². The summed E-state index contributed by atoms with van der Waals surface area (Å²) in [5.41, 5.74) is 4.21. The highest BCUT2D eigenvalue weighted by molar-refractivity contribution is 5.51. The van der Waals surface area contributed by atoms with Crippen LogP contribution in [0.5, 0.6) is 0 Å². The molecule has 0 spiro atoms. The van der Waals surface area contributed by atoms with E-state index in [0.29, 0.717) is 0 Å². The van der Waals surface area contributed by atoms with E-state index in [1.807, 2.05) is 0 Å². The van der Waals surface area contributed by atoms with Gasteiger partial charge in [-0.05, 0) is 56.0 Å². The van der Waals surface area contributed by atoms with Crippen molar-refractivity contribution >= 4 is 5.69 Å². The van der Waals surface area contributed by atoms with Crippen LogP contribution in [0.3, 0.4) is 0 Å². The van der Waals surface area contributed by atoms with Crippen molar-refractivity contribution in [2.24, 2.45) is 0 Å². The maximum atomic E-state index is 3.48. The Hall–Kier alpha value is -1.02. The summed E-state index contributed by atoms with van der Waals surface area (Å²) in [4.78, 5) is 2.48. The van der Waals surface area contributed by atoms with Gasteiger partial charge in [-0.25, -0.2) is 0 Å². The highest BCUT2D eigenvalue weighted by Gasteiger charge is 2.19. The summed E-state index contributed by atoms with van der Waals surface area (Å²) in [5, 5.41) is 3.48. The van der Waals surface area contributed by atoms with Crippen LogP contribution in [0.15, 0.2) is 18.2 Å². The average Bonchev–Trinajstić information content (AvgIpc) is 2.94. The molecule has 0 saturated heterocycles. The fourth-order valence-corrected chi connectivity index (χ4v) is 3.00. The zero-order valence-corrected chi connectivity index (χ0v) is 12.7. The minimum absolute atomic E-state index is 0.753. The maximum Gasteiger partial charge on any atom is 0.0368 e. The second-order valence-corrected chi connectivity index (χ2v) is 5.84. The molecule has 0 amide bonds. The van der Waals surface area contributed by atoms with E-state index in [9.17, 15) is 0 Å². The third-order valence-corrected chi connectivity index (χ3v) is 4.35. The number of benzene rings is 1. The summed E-state index contributed by atoms with van der Waals surface area (Å²) in [6.07, 6.45) is 6.70. The maximum absolute atomic E-state index is 3.48. The van der Waals surface area contributed by atoms with Crippen LogP contribution in [0.4, 0.5) is 5.69 Å². The van der Waals surface area contributed by atoms with E-state index in [1.165, 1.54) is 48.9 Å². The standard InChI is InChI=1S/C17H28N2/c1-4-11-18-13-15-9-10-17(12-14(15)2)19(3)16-7-5-6-8-16/h9-10,12,16,18H,4-8,11,13H2,1-3H3. The van der Waals surface area contributed by atoms with Crippen molar-refractivity contribution in [3.05, 3.63) is 29.3 Å². The van der Waals surface area contributed by atoms with Crippen molar-refractivity contribution in [2.45, 2.75) is 58.5 Å². The quantitative estimate of drug-likeness (QED) is 0.781. The van der Waals surface area contributed by atoms with Gasteiger partial charge in [-0.1, -0.05) is 25.8 Å². The smallest absolute Gasteiger partial charge is 0.0368 e. The normalized spacial score (nSPS) is 15.9. The molecular formula is C17H28N2. The first-order chi connectivity index (χ1) is 9.22. The van der Waals surface area contributed by atoms with E-state index in [-0.39, 0.29) is 0 Å². The number of hydrogen-bond donors (Lipinski definition) is 1. The molecule has 0 aromatic heterocycles. The van der Waals surface area contributed by atoms with Crippen molar-refractivity contribution in [1.82, 2.24) is 5.32 Å². The number of nitrogens with zero attached hydrogens (tertiary/aromatic N) is 1. The summed E-state index contributed by atoms with van der Waals surface area (Å²) in [5.74, 6) is 0. The molecule has 1 aromatic rings. The first kappa shape index (κ1) is 14.4. The van der Waals surface area contributed by atoms with Gasteiger partial charge in [-0.15, -0.1) is 0 Å². The molecular weight excluding hydrogens is 232 g/mol. The van der Waals surface area contributed by atoms with Crippen LogP contribution in [0.1, 0.15) is 50.2 Å². The lowest BCUT2D eigenvalue weighted by molar-refractivity contribution is 0.652. The molecule has 0 atom stereocenters. The summed E-state index contributed by atoms with van der Waals surface area (Å²) in [7, 11) is 2.25. The number of anilines is 1. The molecule has 0 radical (unpaired) electrons. The second kappa shape index (κ2) is 6.95. The van der Waals surface area contributed by atoms with Crippen LogP contribution in [-0.4, -0.2) is 19.6 Å². The van der Waals surface area contributed by atoms with E-state index < -0.39 is 0 Å². The lowest BCUT2D eigenvalue weighted by Gasteiger charge is -2.27. The molecule has 1 aliphatic rings. The van der Waals surface area contributed by atoms with E-state index in [4.69, 9.17) is 0 Å². The van der Waals surface area contributed by atoms with Gasteiger partial charge < -0.3 is 10.2 Å². The van der Waals surface area contributed by atoms with Crippen molar-refractivity contribution in [1.29, 1.82) is 0 Å². The third kappa shape index (κ3) is 3.73. The molecule has 1 aromatic carbocycles. The summed E-state index contributed by atoms with van der Waals surface area (Å²) in [6, 6.07) is 7.68. The highest BCUT2D eigenvalue weighted by Crippen LogP contribution is 2.28. The largest absolute Gasteiger partial charge is 0.372 e. The van der Waals surface area contributed by atoms with Gasteiger partial charge in [0, 0.05) is 25.3 Å². The number of nitrogens with one attached hydrogen (secondary N) is 1. The fourth-order valence-electron chi connectivity index (χ4n) is 3.00. The average molecular weight is 260 g/mol. The molecule has 2 nitrogen and oxygen atoms in total. The highest BCUT2D eigenvalue weighted by atomic mass is 15.1. The molecule has 1 fully saturated rings. The van der Waals surface area contributed by atoms with E-state index >= 15 is 0 Å². The zero-order valence-electron chi connectivity index (χ0n) is 12.7. The van der Waals surface area contributed by atoms with Crippen molar-refractivity contribution in [2.75, 3.05) is 18.5 Å². The molecule has 0 bridgehead atoms. The number of rotatable bonds is 6. The molecule has 19 heavy (non-hydrogen) atoms. The summed E-state index contributed by atoms with van der Waals surface area (Å²) in [6.45, 7) is 6.53. The first-order valence-corrected chi connectivity index (χ1v) is 7.75. The van der Waals surface area contributed by atoms with Crippen LogP contribution in [0.2, 0.25) is 0 Å². The van der Waals surface area contributed by atoms with E-state index in [2.05, 4.69) is 49.3 Å². The Morgan fingerprint density at radius 2 is 2.00 bits per heavy atom. The predicted molar refractivity (Wildman–Crippen MR) is 83.8 cm³/mol. The lowest BCUT2D eigenvalue weighted by atomic mass is 10.1. The van der Waals surface area contributed by atoms with Gasteiger partial charge in [0.1, 0.15) is 0 Å². The van der Waals surface area contributed by atoms with E-state index in [0.717, 1.165) is 19.1 Å². The Kier molecular flexibility index (Phi) is 5.26. The van der Waals surface area contributed by atoms with Gasteiger partial charge in [-0.3, -0.25) is 0 Å². The molecule has 1 N–H and O–H groups in total. The summed E-state index contributed by atoms with van der Waals surface area (Å²) >= 11 is 0. The van der Waals surface area contributed by atoms with Crippen LogP contribution >= 0.6 is 0 Å².